The fraction of sp³-hybridized carbons (Fsp3) is 0. The second-order valence-corrected chi connectivity index (χ2v) is 2.23. The molecule has 0 fully saturated rings. The number of hydrogen-bond donors (Lipinski definition) is 1. The average Bonchev–Trinajstić information content (AvgIpc) is 2.45. The summed E-state index contributed by atoms with van der Waals surface area (Å²) in [5.41, 5.74) is 0.199. The lowest BCUT2D eigenvalue weighted by Crippen LogP contribution is -1.74. The summed E-state index contributed by atoms with van der Waals surface area (Å²) < 4.78 is 17.5. The maximum atomic E-state index is 12.6. The topological polar surface area (TPSA) is 33.4 Å². The molecule has 0 unspecified atom stereocenters. The van der Waals surface area contributed by atoms with Crippen LogP contribution in [0.5, 0.6) is 5.75 Å². The second kappa shape index (κ2) is 1.99. The molecular formula is C8H5FO2. The predicted molar refractivity (Wildman–Crippen MR) is 37.8 cm³/mol. The standard InChI is InChI=1S/C8H5FO2/c9-6-2-1-5-3-4-11-8(5)7(6)10/h1-4,10H. The van der Waals surface area contributed by atoms with Crippen molar-refractivity contribution in [3.8, 4) is 5.75 Å². The summed E-state index contributed by atoms with van der Waals surface area (Å²) in [4.78, 5) is 0. The van der Waals surface area contributed by atoms with E-state index in [9.17, 15) is 4.39 Å². The third-order valence-corrected chi connectivity index (χ3v) is 1.55. The molecule has 1 aromatic carbocycles. The van der Waals surface area contributed by atoms with E-state index in [1.54, 1.807) is 12.1 Å². The minimum atomic E-state index is -0.660. The van der Waals surface area contributed by atoms with E-state index in [4.69, 9.17) is 9.52 Å². The van der Waals surface area contributed by atoms with Gasteiger partial charge in [0.05, 0.1) is 6.26 Å². The van der Waals surface area contributed by atoms with Gasteiger partial charge in [0.1, 0.15) is 0 Å². The highest BCUT2D eigenvalue weighted by Crippen LogP contribution is 2.27. The molecule has 0 amide bonds. The number of hydrogen-bond acceptors (Lipinski definition) is 2. The van der Waals surface area contributed by atoms with Gasteiger partial charge in [-0.05, 0) is 18.2 Å². The van der Waals surface area contributed by atoms with Crippen LogP contribution in [0.25, 0.3) is 11.0 Å². The van der Waals surface area contributed by atoms with E-state index >= 15 is 0 Å². The van der Waals surface area contributed by atoms with E-state index in [0.717, 1.165) is 0 Å². The lowest BCUT2D eigenvalue weighted by Gasteiger charge is -1.93. The molecule has 2 nitrogen and oxygen atoms in total. The van der Waals surface area contributed by atoms with Gasteiger partial charge in [0.2, 0.25) is 0 Å². The molecule has 0 saturated carbocycles. The molecule has 2 aromatic rings. The van der Waals surface area contributed by atoms with Gasteiger partial charge in [0, 0.05) is 5.39 Å². The summed E-state index contributed by atoms with van der Waals surface area (Å²) in [6.07, 6.45) is 1.41. The first-order valence-corrected chi connectivity index (χ1v) is 3.14. The number of aromatic hydroxyl groups is 1. The molecule has 0 radical (unpaired) electrons. The Morgan fingerprint density at radius 3 is 2.91 bits per heavy atom. The van der Waals surface area contributed by atoms with E-state index in [0.29, 0.717) is 5.39 Å². The van der Waals surface area contributed by atoms with Gasteiger partial charge in [0.15, 0.2) is 17.1 Å². The van der Waals surface area contributed by atoms with Crippen molar-refractivity contribution in [2.45, 2.75) is 0 Å². The molecule has 11 heavy (non-hydrogen) atoms. The van der Waals surface area contributed by atoms with Crippen molar-refractivity contribution in [3.05, 3.63) is 30.3 Å². The first-order valence-electron chi connectivity index (χ1n) is 3.14. The van der Waals surface area contributed by atoms with Crippen LogP contribution in [0.3, 0.4) is 0 Å². The number of benzene rings is 1. The highest BCUT2D eigenvalue weighted by atomic mass is 19.1. The molecule has 56 valence electrons. The van der Waals surface area contributed by atoms with Crippen LogP contribution in [0, 0.1) is 5.82 Å². The minimum absolute atomic E-state index is 0.199. The summed E-state index contributed by atoms with van der Waals surface area (Å²) >= 11 is 0. The van der Waals surface area contributed by atoms with Crippen molar-refractivity contribution >= 4 is 11.0 Å². The smallest absolute Gasteiger partial charge is 0.195 e. The van der Waals surface area contributed by atoms with Crippen LogP contribution < -0.4 is 0 Å². The van der Waals surface area contributed by atoms with Gasteiger partial charge in [-0.15, -0.1) is 0 Å². The van der Waals surface area contributed by atoms with Gasteiger partial charge in [0.25, 0.3) is 0 Å². The number of rotatable bonds is 0. The van der Waals surface area contributed by atoms with E-state index in [1.165, 1.54) is 12.3 Å². The zero-order chi connectivity index (χ0) is 7.84. The highest BCUT2D eigenvalue weighted by Gasteiger charge is 2.07. The number of phenols is 1. The zero-order valence-corrected chi connectivity index (χ0v) is 5.54. The molecule has 1 heterocycles. The quantitative estimate of drug-likeness (QED) is 0.628. The Kier molecular flexibility index (Phi) is 1.12. The van der Waals surface area contributed by atoms with Crippen molar-refractivity contribution in [1.29, 1.82) is 0 Å². The van der Waals surface area contributed by atoms with Gasteiger partial charge in [-0.1, -0.05) is 0 Å². The van der Waals surface area contributed by atoms with Crippen LogP contribution in [0.1, 0.15) is 0 Å². The molecule has 0 aliphatic heterocycles. The van der Waals surface area contributed by atoms with Crippen LogP contribution in [0.2, 0.25) is 0 Å². The van der Waals surface area contributed by atoms with Crippen LogP contribution in [0.15, 0.2) is 28.9 Å². The van der Waals surface area contributed by atoms with Crippen LogP contribution in [-0.4, -0.2) is 5.11 Å². The summed E-state index contributed by atoms with van der Waals surface area (Å²) in [7, 11) is 0. The van der Waals surface area contributed by atoms with Crippen molar-refractivity contribution in [3.63, 3.8) is 0 Å². The van der Waals surface area contributed by atoms with Crippen LogP contribution in [-0.2, 0) is 0 Å². The Balaban J connectivity index is 2.93. The molecule has 2 rings (SSSR count). The van der Waals surface area contributed by atoms with Crippen LogP contribution >= 0.6 is 0 Å². The Morgan fingerprint density at radius 1 is 1.27 bits per heavy atom. The summed E-state index contributed by atoms with van der Waals surface area (Å²) in [6, 6.07) is 4.41. The molecule has 1 N–H and O–H groups in total. The van der Waals surface area contributed by atoms with E-state index in [1.807, 2.05) is 0 Å². The third-order valence-electron chi connectivity index (χ3n) is 1.55. The molecule has 0 aliphatic rings. The molecule has 3 heteroatoms. The molecule has 0 aliphatic carbocycles. The SMILES string of the molecule is Oc1c(F)ccc2ccoc12. The average molecular weight is 152 g/mol. The maximum absolute atomic E-state index is 12.6. The van der Waals surface area contributed by atoms with Crippen molar-refractivity contribution < 1.29 is 13.9 Å². The largest absolute Gasteiger partial charge is 0.502 e. The van der Waals surface area contributed by atoms with Crippen molar-refractivity contribution in [1.82, 2.24) is 0 Å². The van der Waals surface area contributed by atoms with E-state index in [2.05, 4.69) is 0 Å². The third kappa shape index (κ3) is 0.774. The molecule has 1 aromatic heterocycles. The Labute approximate surface area is 61.9 Å². The summed E-state index contributed by atoms with van der Waals surface area (Å²) in [5, 5.41) is 9.78. The lowest BCUT2D eigenvalue weighted by molar-refractivity contribution is 0.426. The summed E-state index contributed by atoms with van der Waals surface area (Å²) in [6.45, 7) is 0. The van der Waals surface area contributed by atoms with Gasteiger partial charge < -0.3 is 9.52 Å². The van der Waals surface area contributed by atoms with Crippen LogP contribution in [0.4, 0.5) is 4.39 Å². The number of furan rings is 1. The molecular weight excluding hydrogens is 147 g/mol. The fourth-order valence-corrected chi connectivity index (χ4v) is 0.993. The van der Waals surface area contributed by atoms with Gasteiger partial charge in [-0.25, -0.2) is 4.39 Å². The Morgan fingerprint density at radius 2 is 2.09 bits per heavy atom. The van der Waals surface area contributed by atoms with Gasteiger partial charge in [-0.2, -0.15) is 0 Å². The number of phenolic OH excluding ortho intramolecular Hbond substituents is 1. The normalized spacial score (nSPS) is 10.6. The minimum Gasteiger partial charge on any atom is -0.502 e. The predicted octanol–water partition coefficient (Wildman–Crippen LogP) is 2.28. The lowest BCUT2D eigenvalue weighted by atomic mass is 10.2. The van der Waals surface area contributed by atoms with Crippen molar-refractivity contribution in [2.75, 3.05) is 0 Å². The first kappa shape index (κ1) is 6.22. The zero-order valence-electron chi connectivity index (χ0n) is 5.54. The second-order valence-electron chi connectivity index (χ2n) is 2.23. The van der Waals surface area contributed by atoms with Gasteiger partial charge >= 0.3 is 0 Å². The highest BCUT2D eigenvalue weighted by molar-refractivity contribution is 5.82. The molecule has 0 atom stereocenters. The number of halogens is 1. The molecule has 0 bridgehead atoms. The van der Waals surface area contributed by atoms with Crippen molar-refractivity contribution in [2.24, 2.45) is 0 Å². The Hall–Kier alpha value is -1.51. The molecule has 0 spiro atoms. The maximum Gasteiger partial charge on any atom is 0.195 e. The van der Waals surface area contributed by atoms with E-state index < -0.39 is 11.6 Å². The van der Waals surface area contributed by atoms with E-state index in [-0.39, 0.29) is 5.58 Å². The first-order chi connectivity index (χ1) is 5.29. The fourth-order valence-electron chi connectivity index (χ4n) is 0.993. The summed E-state index contributed by atoms with van der Waals surface area (Å²) in [5.74, 6) is -1.08. The van der Waals surface area contributed by atoms with Gasteiger partial charge in [-0.3, -0.25) is 0 Å². The molecule has 0 saturated heterocycles. The monoisotopic (exact) mass is 152 g/mol. The number of fused-ring (bicyclic) bond motifs is 1. The Bertz CT molecular complexity index is 392.